The smallest absolute Gasteiger partial charge is 0.256 e. The monoisotopic (exact) mass is 373 g/mol. The van der Waals surface area contributed by atoms with Crippen molar-refractivity contribution < 1.29 is 14.3 Å². The minimum atomic E-state index is -0.680. The van der Waals surface area contributed by atoms with Crippen molar-refractivity contribution >= 4 is 11.6 Å². The molecule has 1 N–H and O–H groups in total. The third-order valence-electron chi connectivity index (χ3n) is 5.98. The molecule has 0 aliphatic heterocycles. The lowest BCUT2D eigenvalue weighted by molar-refractivity contribution is -0.148. The average molecular weight is 374 g/mol. The summed E-state index contributed by atoms with van der Waals surface area (Å²) in [4.78, 5) is 13.1. The minimum absolute atomic E-state index is 0.00589. The van der Waals surface area contributed by atoms with Crippen LogP contribution in [0.5, 0.6) is 5.75 Å². The Morgan fingerprint density at radius 1 is 1.22 bits per heavy atom. The van der Waals surface area contributed by atoms with Gasteiger partial charge in [0.2, 0.25) is 0 Å². The Labute approximate surface area is 164 Å². The Hall–Kier alpha value is -1.55. The number of carbonyl (C=O) groups is 1. The molecular formula is C23H35NO3. The largest absolute Gasteiger partial charge is 0.490 e. The van der Waals surface area contributed by atoms with Gasteiger partial charge < -0.3 is 14.8 Å². The number of hydrogen-bond donors (Lipinski definition) is 1. The van der Waals surface area contributed by atoms with Crippen LogP contribution in [0.15, 0.2) is 18.2 Å². The van der Waals surface area contributed by atoms with Gasteiger partial charge in [-0.15, -0.1) is 0 Å². The highest BCUT2D eigenvalue weighted by atomic mass is 16.5. The number of amides is 1. The van der Waals surface area contributed by atoms with Gasteiger partial charge in [-0.05, 0) is 88.0 Å². The molecule has 4 heteroatoms. The highest BCUT2D eigenvalue weighted by Crippen LogP contribution is 2.37. The molecular weight excluding hydrogens is 338 g/mol. The summed E-state index contributed by atoms with van der Waals surface area (Å²) in [5, 5.41) is 3.12. The molecule has 0 saturated heterocycles. The maximum absolute atomic E-state index is 13.1. The van der Waals surface area contributed by atoms with Crippen molar-refractivity contribution in [3.63, 3.8) is 0 Å². The van der Waals surface area contributed by atoms with Crippen molar-refractivity contribution in [2.75, 3.05) is 11.9 Å². The minimum Gasteiger partial charge on any atom is -0.490 e. The van der Waals surface area contributed by atoms with E-state index in [9.17, 15) is 4.79 Å². The lowest BCUT2D eigenvalue weighted by atomic mass is 9.78. The first-order valence-corrected chi connectivity index (χ1v) is 10.7. The number of anilines is 1. The summed E-state index contributed by atoms with van der Waals surface area (Å²) in [6.07, 6.45) is 9.93. The van der Waals surface area contributed by atoms with E-state index in [1.165, 1.54) is 19.3 Å². The zero-order valence-electron chi connectivity index (χ0n) is 17.2. The van der Waals surface area contributed by atoms with Crippen LogP contribution in [0.25, 0.3) is 0 Å². The van der Waals surface area contributed by atoms with E-state index >= 15 is 0 Å². The van der Waals surface area contributed by atoms with E-state index in [0.29, 0.717) is 18.6 Å². The molecule has 0 aromatic heterocycles. The van der Waals surface area contributed by atoms with Crippen LogP contribution in [0, 0.1) is 12.8 Å². The predicted molar refractivity (Wildman–Crippen MR) is 109 cm³/mol. The first-order valence-electron chi connectivity index (χ1n) is 10.7. The van der Waals surface area contributed by atoms with Crippen molar-refractivity contribution in [2.45, 2.75) is 90.3 Å². The van der Waals surface area contributed by atoms with Crippen LogP contribution in [0.4, 0.5) is 5.69 Å². The van der Waals surface area contributed by atoms with Crippen molar-refractivity contribution in [2.24, 2.45) is 5.92 Å². The summed E-state index contributed by atoms with van der Waals surface area (Å²) < 4.78 is 12.3. The van der Waals surface area contributed by atoms with Crippen molar-refractivity contribution in [1.29, 1.82) is 0 Å². The maximum atomic E-state index is 13.1. The number of benzene rings is 1. The summed E-state index contributed by atoms with van der Waals surface area (Å²) in [5.41, 5.74) is 1.22. The van der Waals surface area contributed by atoms with Crippen molar-refractivity contribution in [3.05, 3.63) is 23.8 Å². The molecule has 2 atom stereocenters. The second-order valence-corrected chi connectivity index (χ2v) is 8.50. The summed E-state index contributed by atoms with van der Waals surface area (Å²) in [6, 6.07) is 5.96. The molecule has 150 valence electrons. The highest BCUT2D eigenvalue weighted by molar-refractivity contribution is 5.97. The molecule has 0 radical (unpaired) electrons. The second kappa shape index (κ2) is 9.09. The molecule has 1 aromatic carbocycles. The lowest BCUT2D eigenvalue weighted by Crippen LogP contribution is -2.48. The van der Waals surface area contributed by atoms with Gasteiger partial charge in [-0.1, -0.05) is 20.3 Å². The van der Waals surface area contributed by atoms with E-state index < -0.39 is 5.60 Å². The molecule has 0 heterocycles. The Kier molecular flexibility index (Phi) is 6.80. The number of ether oxygens (including phenoxy) is 2. The molecule has 3 rings (SSSR count). The quantitative estimate of drug-likeness (QED) is 0.674. The van der Waals surface area contributed by atoms with Gasteiger partial charge in [-0.2, -0.15) is 0 Å². The Morgan fingerprint density at radius 2 is 2.00 bits per heavy atom. The second-order valence-electron chi connectivity index (χ2n) is 8.50. The number of hydrogen-bond acceptors (Lipinski definition) is 3. The van der Waals surface area contributed by atoms with Gasteiger partial charge in [-0.25, -0.2) is 0 Å². The van der Waals surface area contributed by atoms with Gasteiger partial charge in [0, 0.05) is 12.3 Å². The van der Waals surface area contributed by atoms with Gasteiger partial charge in [-0.3, -0.25) is 4.79 Å². The van der Waals surface area contributed by atoms with E-state index in [2.05, 4.69) is 19.2 Å². The molecule has 0 bridgehead atoms. The zero-order chi connectivity index (χ0) is 19.3. The van der Waals surface area contributed by atoms with Crippen molar-refractivity contribution in [1.82, 2.24) is 0 Å². The van der Waals surface area contributed by atoms with Crippen LogP contribution >= 0.6 is 0 Å². The SMILES string of the molecule is CCCO[C@@]1(C(=O)Nc2ccc(OC3CCCC3)c(C)c2)CCC[C@H](C)C1. The van der Waals surface area contributed by atoms with Gasteiger partial charge in [0.1, 0.15) is 11.4 Å². The van der Waals surface area contributed by atoms with E-state index in [1.54, 1.807) is 0 Å². The number of aryl methyl sites for hydroxylation is 1. The molecule has 1 aromatic rings. The van der Waals surface area contributed by atoms with E-state index in [0.717, 1.165) is 55.5 Å². The number of nitrogens with one attached hydrogen (secondary N) is 1. The summed E-state index contributed by atoms with van der Waals surface area (Å²) in [6.45, 7) is 6.99. The Bertz CT molecular complexity index is 639. The Balaban J connectivity index is 1.68. The summed E-state index contributed by atoms with van der Waals surface area (Å²) >= 11 is 0. The van der Waals surface area contributed by atoms with Gasteiger partial charge in [0.25, 0.3) is 5.91 Å². The summed E-state index contributed by atoms with van der Waals surface area (Å²) in [5.74, 6) is 1.46. The molecule has 0 spiro atoms. The molecule has 2 fully saturated rings. The fraction of sp³-hybridized carbons (Fsp3) is 0.696. The molecule has 2 aliphatic rings. The van der Waals surface area contributed by atoms with Gasteiger partial charge in [0.15, 0.2) is 0 Å². The van der Waals surface area contributed by atoms with E-state index in [1.807, 2.05) is 25.1 Å². The third kappa shape index (κ3) is 5.04. The van der Waals surface area contributed by atoms with Crippen molar-refractivity contribution in [3.8, 4) is 5.75 Å². The maximum Gasteiger partial charge on any atom is 0.256 e. The van der Waals surface area contributed by atoms with Gasteiger partial charge in [0.05, 0.1) is 6.10 Å². The first kappa shape index (κ1) is 20.2. The third-order valence-corrected chi connectivity index (χ3v) is 5.98. The van der Waals surface area contributed by atoms with Crippen LogP contribution in [0.1, 0.15) is 77.2 Å². The number of carbonyl (C=O) groups excluding carboxylic acids is 1. The van der Waals surface area contributed by atoms with E-state index in [-0.39, 0.29) is 5.91 Å². The van der Waals surface area contributed by atoms with E-state index in [4.69, 9.17) is 9.47 Å². The molecule has 2 aliphatic carbocycles. The molecule has 1 amide bonds. The number of rotatable bonds is 7. The molecule has 0 unspecified atom stereocenters. The van der Waals surface area contributed by atoms with Crippen LogP contribution in [0.3, 0.4) is 0 Å². The predicted octanol–water partition coefficient (Wildman–Crippen LogP) is 5.63. The van der Waals surface area contributed by atoms with Crippen LogP contribution in [-0.4, -0.2) is 24.2 Å². The fourth-order valence-electron chi connectivity index (χ4n) is 4.49. The zero-order valence-corrected chi connectivity index (χ0v) is 17.2. The normalized spacial score (nSPS) is 26.1. The molecule has 2 saturated carbocycles. The fourth-order valence-corrected chi connectivity index (χ4v) is 4.49. The van der Waals surface area contributed by atoms with Crippen LogP contribution < -0.4 is 10.1 Å². The highest BCUT2D eigenvalue weighted by Gasteiger charge is 2.42. The van der Waals surface area contributed by atoms with Crippen LogP contribution in [0.2, 0.25) is 0 Å². The standard InChI is InChI=1S/C23H35NO3/c1-4-14-26-23(13-7-8-17(2)16-23)22(25)24-19-11-12-21(18(3)15-19)27-20-9-5-6-10-20/h11-12,15,17,20H,4-10,13-14,16H2,1-3H3,(H,24,25)/t17-,23-/m0/s1. The topological polar surface area (TPSA) is 47.6 Å². The van der Waals surface area contributed by atoms with Crippen LogP contribution in [-0.2, 0) is 9.53 Å². The van der Waals surface area contributed by atoms with Gasteiger partial charge >= 0.3 is 0 Å². The molecule has 4 nitrogen and oxygen atoms in total. The Morgan fingerprint density at radius 3 is 2.67 bits per heavy atom. The average Bonchev–Trinajstić information content (AvgIpc) is 3.15. The first-order chi connectivity index (χ1) is 13.0. The molecule has 27 heavy (non-hydrogen) atoms. The lowest BCUT2D eigenvalue weighted by Gasteiger charge is -2.38. The summed E-state index contributed by atoms with van der Waals surface area (Å²) in [7, 11) is 0.